The highest BCUT2D eigenvalue weighted by Crippen LogP contribution is 2.19. The predicted octanol–water partition coefficient (Wildman–Crippen LogP) is 1.10. The van der Waals surface area contributed by atoms with Crippen molar-refractivity contribution in [3.05, 3.63) is 21.9 Å². The monoisotopic (exact) mass is 297 g/mol. The molecule has 1 amide bonds. The Bertz CT molecular complexity index is 499. The highest BCUT2D eigenvalue weighted by atomic mass is 32.1. The summed E-state index contributed by atoms with van der Waals surface area (Å²) >= 11 is 1.36. The van der Waals surface area contributed by atoms with Crippen molar-refractivity contribution in [3.8, 4) is 0 Å². The molecule has 1 saturated heterocycles. The van der Waals surface area contributed by atoms with Gasteiger partial charge in [-0.2, -0.15) is 0 Å². The molecule has 5 nitrogen and oxygen atoms in total. The number of ketones is 1. The number of carbonyl (C=O) groups excluding carboxylic acids is 2. The maximum Gasteiger partial charge on any atom is 0.227 e. The van der Waals surface area contributed by atoms with E-state index in [0.717, 1.165) is 5.56 Å². The normalized spacial score (nSPS) is 22.2. The molecule has 20 heavy (non-hydrogen) atoms. The molecule has 1 fully saturated rings. The Morgan fingerprint density at radius 2 is 2.25 bits per heavy atom. The van der Waals surface area contributed by atoms with Gasteiger partial charge in [0.25, 0.3) is 0 Å². The molecule has 0 spiro atoms. The maximum absolute atomic E-state index is 12.2. The maximum atomic E-state index is 12.2. The van der Waals surface area contributed by atoms with Gasteiger partial charge in [0.1, 0.15) is 6.10 Å². The Morgan fingerprint density at radius 1 is 1.50 bits per heavy atom. The number of hydrogen-bond donors (Lipinski definition) is 1. The van der Waals surface area contributed by atoms with E-state index in [-0.39, 0.29) is 24.2 Å². The number of amides is 1. The third-order valence-corrected chi connectivity index (χ3v) is 4.41. The number of rotatable bonds is 5. The molecule has 1 aliphatic rings. The van der Waals surface area contributed by atoms with Crippen LogP contribution in [-0.2, 0) is 16.0 Å². The standard InChI is InChI=1S/C14H19NO4S/c1-3-19-12-7-15(6-11(12)17)14(18)5-10-4-13(9(2)16)20-8-10/h4,8,11-12,17H,3,5-7H2,1-2H3/t11-,12-/m0/s1. The molecule has 1 aromatic heterocycles. The number of aliphatic hydroxyl groups is 1. The Hall–Kier alpha value is -1.24. The Balaban J connectivity index is 1.93. The van der Waals surface area contributed by atoms with Crippen LogP contribution in [0.4, 0.5) is 0 Å². The molecule has 0 aromatic carbocycles. The van der Waals surface area contributed by atoms with Crippen molar-refractivity contribution in [2.24, 2.45) is 0 Å². The summed E-state index contributed by atoms with van der Waals surface area (Å²) in [5.41, 5.74) is 0.847. The third-order valence-electron chi connectivity index (χ3n) is 3.33. The van der Waals surface area contributed by atoms with E-state index in [9.17, 15) is 14.7 Å². The van der Waals surface area contributed by atoms with E-state index in [1.54, 1.807) is 11.0 Å². The second-order valence-corrected chi connectivity index (χ2v) is 5.82. The van der Waals surface area contributed by atoms with Gasteiger partial charge in [-0.15, -0.1) is 11.3 Å². The molecular weight excluding hydrogens is 278 g/mol. The van der Waals surface area contributed by atoms with Gasteiger partial charge in [-0.1, -0.05) is 0 Å². The van der Waals surface area contributed by atoms with E-state index < -0.39 is 6.10 Å². The number of aliphatic hydroxyl groups excluding tert-OH is 1. The molecule has 1 N–H and O–H groups in total. The van der Waals surface area contributed by atoms with Gasteiger partial charge in [-0.05, 0) is 30.9 Å². The smallest absolute Gasteiger partial charge is 0.227 e. The lowest BCUT2D eigenvalue weighted by Crippen LogP contribution is -2.31. The minimum Gasteiger partial charge on any atom is -0.388 e. The number of nitrogens with zero attached hydrogens (tertiary/aromatic N) is 1. The summed E-state index contributed by atoms with van der Waals surface area (Å²) in [6.07, 6.45) is -0.650. The zero-order chi connectivity index (χ0) is 14.7. The van der Waals surface area contributed by atoms with Crippen LogP contribution in [0, 0.1) is 0 Å². The van der Waals surface area contributed by atoms with Gasteiger partial charge in [0.05, 0.1) is 17.4 Å². The lowest BCUT2D eigenvalue weighted by atomic mass is 10.2. The highest BCUT2D eigenvalue weighted by molar-refractivity contribution is 7.12. The summed E-state index contributed by atoms with van der Waals surface area (Å²) in [5.74, 6) is -0.0270. The second-order valence-electron chi connectivity index (χ2n) is 4.91. The minimum absolute atomic E-state index is 0.0155. The molecule has 0 bridgehead atoms. The second kappa shape index (κ2) is 6.47. The topological polar surface area (TPSA) is 66.8 Å². The Labute approximate surface area is 122 Å². The van der Waals surface area contributed by atoms with Gasteiger partial charge < -0.3 is 14.7 Å². The predicted molar refractivity (Wildman–Crippen MR) is 76.0 cm³/mol. The molecular formula is C14H19NO4S. The molecule has 0 saturated carbocycles. The molecule has 2 heterocycles. The quantitative estimate of drug-likeness (QED) is 0.827. The van der Waals surface area contributed by atoms with Crippen LogP contribution in [0.2, 0.25) is 0 Å². The summed E-state index contributed by atoms with van der Waals surface area (Å²) in [5, 5.41) is 11.7. The molecule has 0 radical (unpaired) electrons. The van der Waals surface area contributed by atoms with Gasteiger partial charge in [0.2, 0.25) is 5.91 Å². The number of ether oxygens (including phenoxy) is 1. The molecule has 110 valence electrons. The molecule has 1 aromatic rings. The van der Waals surface area contributed by atoms with Crippen LogP contribution in [0.5, 0.6) is 0 Å². The SMILES string of the molecule is CCO[C@H]1CN(C(=O)Cc2csc(C(C)=O)c2)C[C@@H]1O. The fourth-order valence-corrected chi connectivity index (χ4v) is 3.09. The molecule has 0 aliphatic carbocycles. The lowest BCUT2D eigenvalue weighted by molar-refractivity contribution is -0.130. The Morgan fingerprint density at radius 3 is 2.85 bits per heavy atom. The summed E-state index contributed by atoms with van der Waals surface area (Å²) in [4.78, 5) is 25.7. The van der Waals surface area contributed by atoms with Crippen LogP contribution in [0.3, 0.4) is 0 Å². The van der Waals surface area contributed by atoms with Crippen LogP contribution >= 0.6 is 11.3 Å². The molecule has 6 heteroatoms. The number of β-amino-alcohol motifs (C(OH)–C–C–N with tert-alkyl or cyclic N) is 1. The third kappa shape index (κ3) is 3.45. The zero-order valence-corrected chi connectivity index (χ0v) is 12.5. The van der Waals surface area contributed by atoms with Crippen LogP contribution < -0.4 is 0 Å². The van der Waals surface area contributed by atoms with E-state index in [2.05, 4.69) is 0 Å². The number of thiophene rings is 1. The van der Waals surface area contributed by atoms with E-state index in [0.29, 0.717) is 24.6 Å². The van der Waals surface area contributed by atoms with Gasteiger partial charge in [0, 0.05) is 19.7 Å². The van der Waals surface area contributed by atoms with Crippen molar-refractivity contribution < 1.29 is 19.4 Å². The molecule has 2 rings (SSSR count). The first-order valence-electron chi connectivity index (χ1n) is 6.67. The van der Waals surface area contributed by atoms with Crippen LogP contribution in [-0.4, -0.2) is 53.6 Å². The number of likely N-dealkylation sites (tertiary alicyclic amines) is 1. The van der Waals surface area contributed by atoms with Crippen molar-refractivity contribution in [1.82, 2.24) is 4.90 Å². The molecule has 2 atom stereocenters. The first kappa shape index (κ1) is 15.2. The summed E-state index contributed by atoms with van der Waals surface area (Å²) in [7, 11) is 0. The molecule has 0 unspecified atom stereocenters. The van der Waals surface area contributed by atoms with Crippen molar-refractivity contribution in [3.63, 3.8) is 0 Å². The van der Waals surface area contributed by atoms with Crippen LogP contribution in [0.25, 0.3) is 0 Å². The van der Waals surface area contributed by atoms with Gasteiger partial charge >= 0.3 is 0 Å². The summed E-state index contributed by atoms with van der Waals surface area (Å²) < 4.78 is 5.39. The van der Waals surface area contributed by atoms with Crippen molar-refractivity contribution in [1.29, 1.82) is 0 Å². The Kier molecular flexibility index (Phi) is 4.91. The van der Waals surface area contributed by atoms with Crippen molar-refractivity contribution in [2.45, 2.75) is 32.5 Å². The average Bonchev–Trinajstić information content (AvgIpc) is 2.98. The minimum atomic E-state index is -0.617. The zero-order valence-electron chi connectivity index (χ0n) is 11.7. The lowest BCUT2D eigenvalue weighted by Gasteiger charge is -2.15. The fourth-order valence-electron chi connectivity index (χ4n) is 2.28. The number of hydrogen-bond acceptors (Lipinski definition) is 5. The van der Waals surface area contributed by atoms with Crippen LogP contribution in [0.15, 0.2) is 11.4 Å². The summed E-state index contributed by atoms with van der Waals surface area (Å²) in [6, 6.07) is 1.76. The first-order valence-corrected chi connectivity index (χ1v) is 7.55. The van der Waals surface area contributed by atoms with E-state index in [4.69, 9.17) is 4.74 Å². The van der Waals surface area contributed by atoms with E-state index in [1.807, 2.05) is 12.3 Å². The molecule has 1 aliphatic heterocycles. The van der Waals surface area contributed by atoms with E-state index in [1.165, 1.54) is 18.3 Å². The van der Waals surface area contributed by atoms with Gasteiger partial charge in [-0.3, -0.25) is 9.59 Å². The van der Waals surface area contributed by atoms with Gasteiger partial charge in [0.15, 0.2) is 5.78 Å². The van der Waals surface area contributed by atoms with Crippen LogP contribution in [0.1, 0.15) is 29.1 Å². The average molecular weight is 297 g/mol. The summed E-state index contributed by atoms with van der Waals surface area (Å²) in [6.45, 7) is 4.65. The fraction of sp³-hybridized carbons (Fsp3) is 0.571. The van der Waals surface area contributed by atoms with E-state index >= 15 is 0 Å². The number of carbonyl (C=O) groups is 2. The number of Topliss-reactive ketones (excluding diaryl/α,β-unsaturated/α-hetero) is 1. The highest BCUT2D eigenvalue weighted by Gasteiger charge is 2.34. The van der Waals surface area contributed by atoms with Crippen molar-refractivity contribution >= 4 is 23.0 Å². The first-order chi connectivity index (χ1) is 9.51. The van der Waals surface area contributed by atoms with Crippen molar-refractivity contribution in [2.75, 3.05) is 19.7 Å². The van der Waals surface area contributed by atoms with Gasteiger partial charge in [-0.25, -0.2) is 0 Å². The largest absolute Gasteiger partial charge is 0.388 e.